The van der Waals surface area contributed by atoms with Gasteiger partial charge in [0.25, 0.3) is 0 Å². The molecule has 0 bridgehead atoms. The van der Waals surface area contributed by atoms with Gasteiger partial charge in [-0.3, -0.25) is 9.59 Å². The molecule has 5 nitrogen and oxygen atoms in total. The molecule has 0 aromatic carbocycles. The summed E-state index contributed by atoms with van der Waals surface area (Å²) in [6.45, 7) is 3.49. The van der Waals surface area contributed by atoms with Crippen molar-refractivity contribution in [3.63, 3.8) is 0 Å². The summed E-state index contributed by atoms with van der Waals surface area (Å²) in [4.78, 5) is 25.7. The molecular weight excluding hydrogens is 254 g/mol. The SMILES string of the molecule is CCCC(=O)NC1CCN(C(=O)CC2(N)CCC2)CC1. The van der Waals surface area contributed by atoms with Crippen LogP contribution >= 0.6 is 0 Å². The summed E-state index contributed by atoms with van der Waals surface area (Å²) in [5.74, 6) is 0.318. The molecule has 1 aliphatic carbocycles. The number of hydrogen-bond acceptors (Lipinski definition) is 3. The van der Waals surface area contributed by atoms with Crippen LogP contribution in [0.15, 0.2) is 0 Å². The molecule has 0 radical (unpaired) electrons. The smallest absolute Gasteiger partial charge is 0.224 e. The minimum Gasteiger partial charge on any atom is -0.353 e. The van der Waals surface area contributed by atoms with Gasteiger partial charge in [0.2, 0.25) is 11.8 Å². The number of hydrogen-bond donors (Lipinski definition) is 2. The Morgan fingerprint density at radius 1 is 1.30 bits per heavy atom. The fourth-order valence-corrected chi connectivity index (χ4v) is 3.02. The van der Waals surface area contributed by atoms with Gasteiger partial charge in [0.05, 0.1) is 0 Å². The first-order valence-corrected chi connectivity index (χ1v) is 7.88. The summed E-state index contributed by atoms with van der Waals surface area (Å²) in [7, 11) is 0. The third-order valence-electron chi connectivity index (χ3n) is 4.54. The van der Waals surface area contributed by atoms with Gasteiger partial charge in [-0.05, 0) is 38.5 Å². The molecule has 0 spiro atoms. The van der Waals surface area contributed by atoms with Gasteiger partial charge in [-0.25, -0.2) is 0 Å². The van der Waals surface area contributed by atoms with Crippen LogP contribution in [0.25, 0.3) is 0 Å². The van der Waals surface area contributed by atoms with Gasteiger partial charge in [-0.1, -0.05) is 6.92 Å². The predicted octanol–water partition coefficient (Wildman–Crippen LogP) is 1.17. The summed E-state index contributed by atoms with van der Waals surface area (Å²) in [5.41, 5.74) is 5.90. The minimum absolute atomic E-state index is 0.132. The Hall–Kier alpha value is -1.10. The van der Waals surface area contributed by atoms with E-state index in [1.165, 1.54) is 0 Å². The van der Waals surface area contributed by atoms with Gasteiger partial charge in [0, 0.05) is 37.5 Å². The highest BCUT2D eigenvalue weighted by molar-refractivity contribution is 5.78. The van der Waals surface area contributed by atoms with E-state index in [4.69, 9.17) is 5.73 Å². The number of nitrogens with zero attached hydrogens (tertiary/aromatic N) is 1. The van der Waals surface area contributed by atoms with E-state index in [0.717, 1.165) is 51.6 Å². The number of nitrogens with two attached hydrogens (primary N) is 1. The lowest BCUT2D eigenvalue weighted by atomic mass is 9.75. The number of likely N-dealkylation sites (tertiary alicyclic amines) is 1. The van der Waals surface area contributed by atoms with Crippen molar-refractivity contribution in [2.75, 3.05) is 13.1 Å². The monoisotopic (exact) mass is 281 g/mol. The molecule has 3 N–H and O–H groups in total. The van der Waals surface area contributed by atoms with Crippen molar-refractivity contribution < 1.29 is 9.59 Å². The van der Waals surface area contributed by atoms with Crippen molar-refractivity contribution in [1.82, 2.24) is 10.2 Å². The topological polar surface area (TPSA) is 75.4 Å². The number of amides is 2. The summed E-state index contributed by atoms with van der Waals surface area (Å²) in [6, 6.07) is 0.230. The fourth-order valence-electron chi connectivity index (χ4n) is 3.02. The summed E-state index contributed by atoms with van der Waals surface area (Å²) >= 11 is 0. The van der Waals surface area contributed by atoms with Crippen LogP contribution in [-0.4, -0.2) is 41.4 Å². The lowest BCUT2D eigenvalue weighted by molar-refractivity contribution is -0.134. The average molecular weight is 281 g/mol. The highest BCUT2D eigenvalue weighted by Crippen LogP contribution is 2.32. The molecule has 0 atom stereocenters. The number of piperidine rings is 1. The third-order valence-corrected chi connectivity index (χ3v) is 4.54. The molecule has 2 aliphatic rings. The third kappa shape index (κ3) is 3.95. The van der Waals surface area contributed by atoms with Crippen molar-refractivity contribution in [1.29, 1.82) is 0 Å². The summed E-state index contributed by atoms with van der Waals surface area (Å²) in [6.07, 6.45) is 6.77. The minimum atomic E-state index is -0.233. The van der Waals surface area contributed by atoms with E-state index in [1.807, 2.05) is 11.8 Å². The van der Waals surface area contributed by atoms with Gasteiger partial charge >= 0.3 is 0 Å². The summed E-state index contributed by atoms with van der Waals surface area (Å²) < 4.78 is 0. The molecule has 1 saturated heterocycles. The molecule has 5 heteroatoms. The predicted molar refractivity (Wildman–Crippen MR) is 78.0 cm³/mol. The van der Waals surface area contributed by atoms with E-state index >= 15 is 0 Å². The maximum absolute atomic E-state index is 12.2. The number of carbonyl (C=O) groups excluding carboxylic acids is 2. The quantitative estimate of drug-likeness (QED) is 0.794. The number of rotatable bonds is 5. The average Bonchev–Trinajstić information content (AvgIpc) is 2.38. The molecular formula is C15H27N3O2. The zero-order chi connectivity index (χ0) is 14.6. The largest absolute Gasteiger partial charge is 0.353 e. The molecule has 1 saturated carbocycles. The van der Waals surface area contributed by atoms with Gasteiger partial charge in [0.15, 0.2) is 0 Å². The van der Waals surface area contributed by atoms with Crippen LogP contribution in [0.3, 0.4) is 0 Å². The first-order valence-electron chi connectivity index (χ1n) is 7.88. The van der Waals surface area contributed by atoms with Crippen LogP contribution in [0.1, 0.15) is 58.3 Å². The van der Waals surface area contributed by atoms with E-state index < -0.39 is 0 Å². The van der Waals surface area contributed by atoms with Crippen molar-refractivity contribution in [3.8, 4) is 0 Å². The van der Waals surface area contributed by atoms with Crippen molar-refractivity contribution >= 4 is 11.8 Å². The molecule has 20 heavy (non-hydrogen) atoms. The normalized spacial score (nSPS) is 22.2. The highest BCUT2D eigenvalue weighted by atomic mass is 16.2. The molecule has 2 amide bonds. The lowest BCUT2D eigenvalue weighted by Crippen LogP contribution is -2.52. The molecule has 0 aromatic rings. The van der Waals surface area contributed by atoms with E-state index in [2.05, 4.69) is 5.32 Å². The van der Waals surface area contributed by atoms with Crippen LogP contribution in [0, 0.1) is 0 Å². The molecule has 114 valence electrons. The Bertz CT molecular complexity index is 358. The Labute approximate surface area is 121 Å². The van der Waals surface area contributed by atoms with Gasteiger partial charge in [0.1, 0.15) is 0 Å². The Balaban J connectivity index is 1.70. The molecule has 2 rings (SSSR count). The van der Waals surface area contributed by atoms with Crippen LogP contribution in [0.5, 0.6) is 0 Å². The van der Waals surface area contributed by atoms with Gasteiger partial charge in [-0.2, -0.15) is 0 Å². The Morgan fingerprint density at radius 2 is 1.95 bits per heavy atom. The molecule has 1 aliphatic heterocycles. The summed E-state index contributed by atoms with van der Waals surface area (Å²) in [5, 5.41) is 3.05. The molecule has 1 heterocycles. The van der Waals surface area contributed by atoms with Crippen LogP contribution in [-0.2, 0) is 9.59 Å². The second-order valence-corrected chi connectivity index (χ2v) is 6.37. The van der Waals surface area contributed by atoms with Crippen LogP contribution in [0.4, 0.5) is 0 Å². The second kappa shape index (κ2) is 6.57. The number of nitrogens with one attached hydrogen (secondary N) is 1. The van der Waals surface area contributed by atoms with Crippen molar-refractivity contribution in [2.45, 2.75) is 69.9 Å². The second-order valence-electron chi connectivity index (χ2n) is 6.37. The molecule has 0 unspecified atom stereocenters. The van der Waals surface area contributed by atoms with E-state index in [-0.39, 0.29) is 23.4 Å². The van der Waals surface area contributed by atoms with Crippen LogP contribution in [0.2, 0.25) is 0 Å². The Kier molecular flexibility index (Phi) is 5.02. The van der Waals surface area contributed by atoms with E-state index in [1.54, 1.807) is 0 Å². The zero-order valence-electron chi connectivity index (χ0n) is 12.5. The van der Waals surface area contributed by atoms with E-state index in [0.29, 0.717) is 12.8 Å². The highest BCUT2D eigenvalue weighted by Gasteiger charge is 2.36. The molecule has 0 aromatic heterocycles. The van der Waals surface area contributed by atoms with Crippen molar-refractivity contribution in [2.24, 2.45) is 5.73 Å². The Morgan fingerprint density at radius 3 is 2.45 bits per heavy atom. The standard InChI is InChI=1S/C15H27N3O2/c1-2-4-13(19)17-12-5-9-18(10-6-12)14(20)11-15(16)7-3-8-15/h12H,2-11,16H2,1H3,(H,17,19). The van der Waals surface area contributed by atoms with Gasteiger partial charge < -0.3 is 16.0 Å². The maximum Gasteiger partial charge on any atom is 0.224 e. The van der Waals surface area contributed by atoms with E-state index in [9.17, 15) is 9.59 Å². The van der Waals surface area contributed by atoms with Gasteiger partial charge in [-0.15, -0.1) is 0 Å². The first-order chi connectivity index (χ1) is 9.52. The maximum atomic E-state index is 12.2. The van der Waals surface area contributed by atoms with Crippen molar-refractivity contribution in [3.05, 3.63) is 0 Å². The lowest BCUT2D eigenvalue weighted by Gasteiger charge is -2.40. The number of carbonyl (C=O) groups is 2. The fraction of sp³-hybridized carbons (Fsp3) is 0.867. The molecule has 2 fully saturated rings. The van der Waals surface area contributed by atoms with Crippen LogP contribution < -0.4 is 11.1 Å². The first kappa shape index (κ1) is 15.3. The zero-order valence-corrected chi connectivity index (χ0v) is 12.5.